The number of hydrogen-bond donors (Lipinski definition) is 1. The molecule has 0 amide bonds. The van der Waals surface area contributed by atoms with Gasteiger partial charge in [0.1, 0.15) is 12.4 Å². The van der Waals surface area contributed by atoms with Crippen molar-refractivity contribution in [3.63, 3.8) is 0 Å². The first kappa shape index (κ1) is 25.3. The van der Waals surface area contributed by atoms with Crippen molar-refractivity contribution >= 4 is 29.7 Å². The van der Waals surface area contributed by atoms with E-state index in [1.807, 2.05) is 24.3 Å². The van der Waals surface area contributed by atoms with E-state index >= 15 is 0 Å². The van der Waals surface area contributed by atoms with Crippen LogP contribution >= 0.6 is 0 Å². The molecule has 2 aliphatic rings. The molecule has 2 aromatic carbocycles. The van der Waals surface area contributed by atoms with Crippen molar-refractivity contribution in [2.75, 3.05) is 67.8 Å². The zero-order valence-corrected chi connectivity index (χ0v) is 20.7. The van der Waals surface area contributed by atoms with Gasteiger partial charge in [-0.15, -0.1) is 0 Å². The lowest BCUT2D eigenvalue weighted by atomic mass is 10.2. The third-order valence-corrected chi connectivity index (χ3v) is 5.99. The van der Waals surface area contributed by atoms with E-state index in [9.17, 15) is 10.1 Å². The first-order chi connectivity index (χ1) is 18.6. The molecule has 5 rings (SSSR count). The SMILES string of the molecule is O=[N+]([O-])c1ccc(COc2cccc(/C=N/Nc3nc(N4CCOCC4)nc(N4CCOCC4)n3)c2)cc1. The lowest BCUT2D eigenvalue weighted by molar-refractivity contribution is -0.384. The molecule has 198 valence electrons. The summed E-state index contributed by atoms with van der Waals surface area (Å²) >= 11 is 0. The molecule has 1 aromatic heterocycles. The summed E-state index contributed by atoms with van der Waals surface area (Å²) in [5.74, 6) is 2.18. The Morgan fingerprint density at radius 1 is 0.947 bits per heavy atom. The molecule has 0 unspecified atom stereocenters. The highest BCUT2D eigenvalue weighted by molar-refractivity contribution is 5.80. The highest BCUT2D eigenvalue weighted by atomic mass is 16.6. The Kier molecular flexibility index (Phi) is 8.16. The second-order valence-electron chi connectivity index (χ2n) is 8.61. The number of hydrogen-bond acceptors (Lipinski definition) is 12. The molecule has 0 radical (unpaired) electrons. The highest BCUT2D eigenvalue weighted by Crippen LogP contribution is 2.20. The van der Waals surface area contributed by atoms with Crippen LogP contribution in [0.4, 0.5) is 23.5 Å². The molecule has 13 heteroatoms. The second-order valence-corrected chi connectivity index (χ2v) is 8.61. The summed E-state index contributed by atoms with van der Waals surface area (Å²) in [5, 5.41) is 15.2. The van der Waals surface area contributed by atoms with E-state index in [1.165, 1.54) is 12.1 Å². The van der Waals surface area contributed by atoms with Gasteiger partial charge in [0, 0.05) is 38.3 Å². The van der Waals surface area contributed by atoms with Crippen molar-refractivity contribution in [3.05, 3.63) is 69.8 Å². The molecule has 38 heavy (non-hydrogen) atoms. The number of aromatic nitrogens is 3. The van der Waals surface area contributed by atoms with Gasteiger partial charge in [0.2, 0.25) is 17.8 Å². The summed E-state index contributed by atoms with van der Waals surface area (Å²) < 4.78 is 16.8. The summed E-state index contributed by atoms with van der Waals surface area (Å²) in [4.78, 5) is 28.4. The summed E-state index contributed by atoms with van der Waals surface area (Å²) in [6.45, 7) is 5.64. The number of hydrazone groups is 1. The Balaban J connectivity index is 1.25. The summed E-state index contributed by atoms with van der Waals surface area (Å²) in [6, 6.07) is 13.7. The number of nitrogens with one attached hydrogen (secondary N) is 1. The smallest absolute Gasteiger partial charge is 0.269 e. The van der Waals surface area contributed by atoms with Crippen LogP contribution in [0.25, 0.3) is 0 Å². The molecule has 1 N–H and O–H groups in total. The number of ether oxygens (including phenoxy) is 3. The number of non-ortho nitro benzene ring substituents is 1. The summed E-state index contributed by atoms with van der Waals surface area (Å²) in [7, 11) is 0. The average Bonchev–Trinajstić information content (AvgIpc) is 2.97. The second kappa shape index (κ2) is 12.3. The topological polar surface area (TPSA) is 140 Å². The molecule has 0 aliphatic carbocycles. The molecular formula is C25H28N8O5. The van der Waals surface area contributed by atoms with Crippen LogP contribution < -0.4 is 20.0 Å². The Hall–Kier alpha value is -4.36. The molecule has 3 aromatic rings. The van der Waals surface area contributed by atoms with Gasteiger partial charge in [-0.2, -0.15) is 20.1 Å². The predicted octanol–water partition coefficient (Wildman–Crippen LogP) is 2.48. The van der Waals surface area contributed by atoms with Gasteiger partial charge < -0.3 is 24.0 Å². The van der Waals surface area contributed by atoms with Crippen molar-refractivity contribution in [2.24, 2.45) is 5.10 Å². The van der Waals surface area contributed by atoms with Crippen molar-refractivity contribution in [2.45, 2.75) is 6.61 Å². The van der Waals surface area contributed by atoms with Crippen molar-refractivity contribution in [1.29, 1.82) is 0 Å². The van der Waals surface area contributed by atoms with Gasteiger partial charge in [-0.05, 0) is 35.4 Å². The molecule has 2 fully saturated rings. The van der Waals surface area contributed by atoms with E-state index in [1.54, 1.807) is 18.3 Å². The van der Waals surface area contributed by atoms with E-state index in [-0.39, 0.29) is 12.3 Å². The molecule has 0 bridgehead atoms. The molecular weight excluding hydrogens is 492 g/mol. The largest absolute Gasteiger partial charge is 0.489 e. The zero-order chi connectivity index (χ0) is 26.2. The van der Waals surface area contributed by atoms with Crippen LogP contribution in [0.2, 0.25) is 0 Å². The third-order valence-electron chi connectivity index (χ3n) is 5.99. The number of nitrogens with zero attached hydrogens (tertiary/aromatic N) is 7. The number of morpholine rings is 2. The molecule has 2 aliphatic heterocycles. The number of rotatable bonds is 9. The fourth-order valence-electron chi connectivity index (χ4n) is 3.94. The van der Waals surface area contributed by atoms with E-state index in [0.717, 1.165) is 11.1 Å². The summed E-state index contributed by atoms with van der Waals surface area (Å²) in [6.07, 6.45) is 1.66. The van der Waals surface area contributed by atoms with Gasteiger partial charge in [0.05, 0.1) is 37.6 Å². The average molecular weight is 521 g/mol. The van der Waals surface area contributed by atoms with Crippen LogP contribution in [0.15, 0.2) is 53.6 Å². The Morgan fingerprint density at radius 3 is 2.18 bits per heavy atom. The van der Waals surface area contributed by atoms with E-state index in [4.69, 9.17) is 19.2 Å². The van der Waals surface area contributed by atoms with Crippen molar-refractivity contribution in [1.82, 2.24) is 15.0 Å². The first-order valence-corrected chi connectivity index (χ1v) is 12.3. The monoisotopic (exact) mass is 520 g/mol. The fraction of sp³-hybridized carbons (Fsp3) is 0.360. The molecule has 3 heterocycles. The number of nitro groups is 1. The maximum absolute atomic E-state index is 10.8. The fourth-order valence-corrected chi connectivity index (χ4v) is 3.94. The van der Waals surface area contributed by atoms with Crippen LogP contribution in [0, 0.1) is 10.1 Å². The Bertz CT molecular complexity index is 1220. The van der Waals surface area contributed by atoms with Gasteiger partial charge >= 0.3 is 0 Å². The Morgan fingerprint density at radius 2 is 1.58 bits per heavy atom. The lowest BCUT2D eigenvalue weighted by Gasteiger charge is -2.30. The molecule has 0 atom stereocenters. The number of benzene rings is 2. The standard InChI is InChI=1S/C25H28N8O5/c34-33(35)21-6-4-19(5-7-21)18-38-22-3-1-2-20(16-22)17-26-30-23-27-24(31-8-12-36-13-9-31)29-25(28-23)32-10-14-37-15-11-32/h1-7,16-17H,8-15,18H2,(H,27,28,29,30)/b26-17+. The van der Waals surface area contributed by atoms with Gasteiger partial charge in [-0.25, -0.2) is 5.43 Å². The molecule has 13 nitrogen and oxygen atoms in total. The van der Waals surface area contributed by atoms with Crippen LogP contribution in [-0.2, 0) is 16.1 Å². The zero-order valence-electron chi connectivity index (χ0n) is 20.7. The molecule has 0 spiro atoms. The van der Waals surface area contributed by atoms with Gasteiger partial charge in [0.25, 0.3) is 5.69 Å². The van der Waals surface area contributed by atoms with Crippen LogP contribution in [-0.4, -0.2) is 78.7 Å². The minimum Gasteiger partial charge on any atom is -0.489 e. The molecule has 0 saturated carbocycles. The van der Waals surface area contributed by atoms with E-state index in [2.05, 4.69) is 30.3 Å². The number of anilines is 3. The van der Waals surface area contributed by atoms with Gasteiger partial charge in [-0.1, -0.05) is 12.1 Å². The summed E-state index contributed by atoms with van der Waals surface area (Å²) in [5.41, 5.74) is 4.63. The quantitative estimate of drug-likeness (QED) is 0.253. The molecule has 2 saturated heterocycles. The minimum atomic E-state index is -0.425. The highest BCUT2D eigenvalue weighted by Gasteiger charge is 2.20. The minimum absolute atomic E-state index is 0.0479. The first-order valence-electron chi connectivity index (χ1n) is 12.3. The maximum Gasteiger partial charge on any atom is 0.269 e. The normalized spacial score (nSPS) is 16.0. The maximum atomic E-state index is 10.8. The van der Waals surface area contributed by atoms with Crippen LogP contribution in [0.1, 0.15) is 11.1 Å². The lowest BCUT2D eigenvalue weighted by Crippen LogP contribution is -2.40. The third kappa shape index (κ3) is 6.69. The Labute approximate surface area is 219 Å². The van der Waals surface area contributed by atoms with E-state index < -0.39 is 4.92 Å². The van der Waals surface area contributed by atoms with Gasteiger partial charge in [-0.3, -0.25) is 10.1 Å². The predicted molar refractivity (Wildman–Crippen MR) is 141 cm³/mol. The number of nitro benzene ring substituents is 1. The van der Waals surface area contributed by atoms with Crippen LogP contribution in [0.3, 0.4) is 0 Å². The van der Waals surface area contributed by atoms with E-state index in [0.29, 0.717) is 76.2 Å². The van der Waals surface area contributed by atoms with Crippen molar-refractivity contribution < 1.29 is 19.1 Å². The van der Waals surface area contributed by atoms with Crippen molar-refractivity contribution in [3.8, 4) is 5.75 Å². The van der Waals surface area contributed by atoms with Crippen LogP contribution in [0.5, 0.6) is 5.75 Å². The van der Waals surface area contributed by atoms with Gasteiger partial charge in [0.15, 0.2) is 0 Å².